The van der Waals surface area contributed by atoms with Crippen molar-refractivity contribution in [3.8, 4) is 11.4 Å². The Labute approximate surface area is 223 Å². The SMILES string of the molecule is CCCn1c(=O)n(C)c(=O)c2c(-c3cc(S(=O)(=O)NC)cn3C)n(Cc3ccnc4ccc(Cl)cc34)nc21. The summed E-state index contributed by atoms with van der Waals surface area (Å²) in [7, 11) is 0.705. The van der Waals surface area contributed by atoms with Crippen molar-refractivity contribution < 1.29 is 8.42 Å². The van der Waals surface area contributed by atoms with Gasteiger partial charge in [-0.1, -0.05) is 18.5 Å². The van der Waals surface area contributed by atoms with Crippen LogP contribution in [0.15, 0.2) is 57.2 Å². The van der Waals surface area contributed by atoms with Gasteiger partial charge in [-0.05, 0) is 49.4 Å². The van der Waals surface area contributed by atoms with E-state index in [1.54, 1.807) is 28.6 Å². The Balaban J connectivity index is 1.87. The summed E-state index contributed by atoms with van der Waals surface area (Å²) in [6.07, 6.45) is 3.80. The van der Waals surface area contributed by atoms with Crippen LogP contribution in [0.1, 0.15) is 18.9 Å². The molecule has 0 aliphatic carbocycles. The Hall–Kier alpha value is -3.74. The zero-order valence-corrected chi connectivity index (χ0v) is 22.8. The molecule has 1 N–H and O–H groups in total. The van der Waals surface area contributed by atoms with Gasteiger partial charge in [-0.25, -0.2) is 17.9 Å². The zero-order chi connectivity index (χ0) is 27.4. The fourth-order valence-electron chi connectivity index (χ4n) is 4.67. The van der Waals surface area contributed by atoms with Gasteiger partial charge in [-0.2, -0.15) is 5.10 Å². The van der Waals surface area contributed by atoms with Crippen molar-refractivity contribution >= 4 is 43.6 Å². The van der Waals surface area contributed by atoms with Crippen LogP contribution in [-0.4, -0.2) is 43.9 Å². The van der Waals surface area contributed by atoms with E-state index in [4.69, 9.17) is 16.7 Å². The van der Waals surface area contributed by atoms with Crippen LogP contribution in [0.3, 0.4) is 0 Å². The molecule has 0 radical (unpaired) electrons. The highest BCUT2D eigenvalue weighted by atomic mass is 35.5. The molecule has 198 valence electrons. The number of hydrogen-bond donors (Lipinski definition) is 1. The molecule has 0 amide bonds. The highest BCUT2D eigenvalue weighted by Gasteiger charge is 2.26. The van der Waals surface area contributed by atoms with Gasteiger partial charge in [-0.3, -0.25) is 23.6 Å². The van der Waals surface area contributed by atoms with E-state index in [0.717, 1.165) is 21.0 Å². The first kappa shape index (κ1) is 25.9. The van der Waals surface area contributed by atoms with Gasteiger partial charge < -0.3 is 4.57 Å². The topological polar surface area (TPSA) is 126 Å². The fourth-order valence-corrected chi connectivity index (χ4v) is 5.64. The minimum atomic E-state index is -3.75. The number of rotatable bonds is 7. The molecular weight excluding hydrogens is 530 g/mol. The standard InChI is InChI=1S/C25H26ClN7O4S/c1-5-10-32-23-21(24(34)31(4)25(32)35)22(20-12-17(14-30(20)3)38(36,37)27-2)33(29-23)13-15-8-9-28-19-7-6-16(26)11-18(15)19/h6-9,11-12,14,27H,5,10,13H2,1-4H3. The molecule has 1 aromatic carbocycles. The number of aromatic nitrogens is 6. The highest BCUT2D eigenvalue weighted by molar-refractivity contribution is 7.89. The summed E-state index contributed by atoms with van der Waals surface area (Å²) in [5.41, 5.74) is 1.70. The summed E-state index contributed by atoms with van der Waals surface area (Å²) in [6, 6.07) is 8.73. The lowest BCUT2D eigenvalue weighted by molar-refractivity contribution is 0.588. The first-order valence-corrected chi connectivity index (χ1v) is 13.8. The molecule has 38 heavy (non-hydrogen) atoms. The van der Waals surface area contributed by atoms with Crippen molar-refractivity contribution in [2.45, 2.75) is 31.3 Å². The Bertz CT molecular complexity index is 1950. The summed E-state index contributed by atoms with van der Waals surface area (Å²) < 4.78 is 33.3. The van der Waals surface area contributed by atoms with Gasteiger partial charge in [0.25, 0.3) is 5.56 Å². The molecule has 0 bridgehead atoms. The summed E-state index contributed by atoms with van der Waals surface area (Å²) in [5, 5.41) is 6.35. The number of halogens is 1. The summed E-state index contributed by atoms with van der Waals surface area (Å²) >= 11 is 6.28. The van der Waals surface area contributed by atoms with E-state index in [0.29, 0.717) is 29.4 Å². The number of benzene rings is 1. The third-order valence-corrected chi connectivity index (χ3v) is 8.21. The van der Waals surface area contributed by atoms with E-state index in [-0.39, 0.29) is 22.5 Å². The summed E-state index contributed by atoms with van der Waals surface area (Å²) in [4.78, 5) is 31.0. The minimum absolute atomic E-state index is 0.0400. The molecule has 4 heterocycles. The molecule has 5 aromatic rings. The minimum Gasteiger partial charge on any atom is -0.348 e. The van der Waals surface area contributed by atoms with Crippen molar-refractivity contribution in [3.63, 3.8) is 0 Å². The van der Waals surface area contributed by atoms with Crippen LogP contribution in [0.2, 0.25) is 5.02 Å². The molecular formula is C25H26ClN7O4S. The molecule has 4 aromatic heterocycles. The molecule has 13 heteroatoms. The molecule has 11 nitrogen and oxygen atoms in total. The van der Waals surface area contributed by atoms with Gasteiger partial charge in [0.05, 0.1) is 17.8 Å². The molecule has 0 atom stereocenters. The Morgan fingerprint density at radius 3 is 2.58 bits per heavy atom. The second kappa shape index (κ2) is 9.53. The average Bonchev–Trinajstić information content (AvgIpc) is 3.46. The number of sulfonamides is 1. The number of nitrogens with zero attached hydrogens (tertiary/aromatic N) is 6. The maximum atomic E-state index is 13.5. The van der Waals surface area contributed by atoms with E-state index in [1.165, 1.54) is 30.9 Å². The summed E-state index contributed by atoms with van der Waals surface area (Å²) in [6.45, 7) is 2.51. The molecule has 0 spiro atoms. The number of fused-ring (bicyclic) bond motifs is 2. The molecule has 0 unspecified atom stereocenters. The monoisotopic (exact) mass is 555 g/mol. The Morgan fingerprint density at radius 2 is 1.87 bits per heavy atom. The number of aryl methyl sites for hydroxylation is 2. The van der Waals surface area contributed by atoms with Crippen molar-refractivity contribution in [2.24, 2.45) is 14.1 Å². The molecule has 0 saturated heterocycles. The first-order valence-electron chi connectivity index (χ1n) is 11.9. The van der Waals surface area contributed by atoms with Crippen molar-refractivity contribution in [3.05, 3.63) is 74.1 Å². The normalized spacial score (nSPS) is 12.1. The second-order valence-electron chi connectivity index (χ2n) is 9.01. The largest absolute Gasteiger partial charge is 0.348 e. The third kappa shape index (κ3) is 4.14. The predicted molar refractivity (Wildman–Crippen MR) is 146 cm³/mol. The van der Waals surface area contributed by atoms with Crippen LogP contribution in [0.5, 0.6) is 0 Å². The fraction of sp³-hybridized carbons (Fsp3) is 0.280. The zero-order valence-electron chi connectivity index (χ0n) is 21.3. The Kier molecular flexibility index (Phi) is 6.49. The van der Waals surface area contributed by atoms with Gasteiger partial charge in [0.2, 0.25) is 10.0 Å². The lowest BCUT2D eigenvalue weighted by Gasteiger charge is -2.11. The lowest BCUT2D eigenvalue weighted by atomic mass is 10.1. The number of nitrogens with one attached hydrogen (secondary N) is 1. The van der Waals surface area contributed by atoms with Crippen LogP contribution in [0, 0.1) is 0 Å². The van der Waals surface area contributed by atoms with Gasteiger partial charge in [-0.15, -0.1) is 0 Å². The average molecular weight is 556 g/mol. The second-order valence-corrected chi connectivity index (χ2v) is 11.3. The molecule has 0 aliphatic rings. The first-order chi connectivity index (χ1) is 18.1. The van der Waals surface area contributed by atoms with Crippen LogP contribution in [-0.2, 0) is 37.2 Å². The van der Waals surface area contributed by atoms with E-state index in [9.17, 15) is 18.0 Å². The maximum absolute atomic E-state index is 13.5. The maximum Gasteiger partial charge on any atom is 0.332 e. The molecule has 0 aliphatic heterocycles. The van der Waals surface area contributed by atoms with Gasteiger partial charge in [0.15, 0.2) is 5.65 Å². The highest BCUT2D eigenvalue weighted by Crippen LogP contribution is 2.31. The summed E-state index contributed by atoms with van der Waals surface area (Å²) in [5.74, 6) is 0. The molecule has 0 saturated carbocycles. The van der Waals surface area contributed by atoms with E-state index < -0.39 is 21.3 Å². The van der Waals surface area contributed by atoms with Crippen molar-refractivity contribution in [1.29, 1.82) is 0 Å². The van der Waals surface area contributed by atoms with E-state index in [1.807, 2.05) is 25.1 Å². The lowest BCUT2D eigenvalue weighted by Crippen LogP contribution is -2.38. The molecule has 5 rings (SSSR count). The van der Waals surface area contributed by atoms with Crippen LogP contribution < -0.4 is 16.0 Å². The number of hydrogen-bond acceptors (Lipinski definition) is 6. The quantitative estimate of drug-likeness (QED) is 0.329. The van der Waals surface area contributed by atoms with Gasteiger partial charge in [0.1, 0.15) is 16.0 Å². The van der Waals surface area contributed by atoms with Crippen LogP contribution in [0.25, 0.3) is 33.3 Å². The van der Waals surface area contributed by atoms with E-state index in [2.05, 4.69) is 9.71 Å². The van der Waals surface area contributed by atoms with E-state index >= 15 is 0 Å². The predicted octanol–water partition coefficient (Wildman–Crippen LogP) is 2.47. The third-order valence-electron chi connectivity index (χ3n) is 6.59. The number of pyridine rings is 1. The van der Waals surface area contributed by atoms with Gasteiger partial charge in [0, 0.05) is 43.4 Å². The smallest absolute Gasteiger partial charge is 0.332 e. The van der Waals surface area contributed by atoms with Crippen molar-refractivity contribution in [2.75, 3.05) is 7.05 Å². The molecule has 0 fully saturated rings. The Morgan fingerprint density at radius 1 is 1.11 bits per heavy atom. The van der Waals surface area contributed by atoms with Crippen LogP contribution >= 0.6 is 11.6 Å². The van der Waals surface area contributed by atoms with Gasteiger partial charge >= 0.3 is 5.69 Å². The van der Waals surface area contributed by atoms with Crippen molar-refractivity contribution in [1.82, 2.24) is 33.2 Å². The van der Waals surface area contributed by atoms with Crippen LogP contribution in [0.4, 0.5) is 0 Å².